The maximum Gasteiger partial charge on any atom is 0.472 e. The highest BCUT2D eigenvalue weighted by Crippen LogP contribution is 2.45. The summed E-state index contributed by atoms with van der Waals surface area (Å²) in [6, 6.07) is 0. The van der Waals surface area contributed by atoms with Gasteiger partial charge in [0.1, 0.15) is 19.3 Å². The van der Waals surface area contributed by atoms with Crippen LogP contribution in [0.5, 0.6) is 0 Å². The molecule has 3 N–H and O–H groups in total. The number of esters is 4. The van der Waals surface area contributed by atoms with Gasteiger partial charge in [-0.05, 0) is 31.6 Å². The van der Waals surface area contributed by atoms with Gasteiger partial charge in [0.25, 0.3) is 0 Å². The van der Waals surface area contributed by atoms with E-state index in [4.69, 9.17) is 37.0 Å². The minimum Gasteiger partial charge on any atom is -0.462 e. The van der Waals surface area contributed by atoms with Gasteiger partial charge in [-0.1, -0.05) is 259 Å². The molecule has 0 aromatic rings. The summed E-state index contributed by atoms with van der Waals surface area (Å²) in [6.45, 7) is 7.05. The molecule has 17 nitrogen and oxygen atoms in total. The summed E-state index contributed by atoms with van der Waals surface area (Å²) >= 11 is 0. The first-order valence-corrected chi connectivity index (χ1v) is 35.6. The molecule has 0 aromatic carbocycles. The molecule has 81 heavy (non-hydrogen) atoms. The van der Waals surface area contributed by atoms with E-state index in [1.165, 1.54) is 122 Å². The number of hydrogen-bond donors (Lipinski definition) is 3. The third-order valence-corrected chi connectivity index (χ3v) is 16.2. The molecule has 480 valence electrons. The number of ether oxygens (including phenoxy) is 4. The Balaban J connectivity index is 5.21. The van der Waals surface area contributed by atoms with Crippen LogP contribution >= 0.6 is 15.6 Å². The number of phosphoric acid groups is 2. The summed E-state index contributed by atoms with van der Waals surface area (Å²) in [5.41, 5.74) is 0. The fourth-order valence-electron chi connectivity index (χ4n) is 9.23. The molecule has 2 unspecified atom stereocenters. The van der Waals surface area contributed by atoms with Gasteiger partial charge in [-0.3, -0.25) is 37.3 Å². The lowest BCUT2D eigenvalue weighted by atomic mass is 10.0. The Morgan fingerprint density at radius 3 is 0.840 bits per heavy atom. The molecule has 0 saturated heterocycles. The molecule has 0 fully saturated rings. The lowest BCUT2D eigenvalue weighted by molar-refractivity contribution is -0.161. The van der Waals surface area contributed by atoms with Gasteiger partial charge < -0.3 is 33.8 Å². The monoisotopic (exact) mass is 1200 g/mol. The molecule has 5 atom stereocenters. The Hall–Kier alpha value is -1.94. The lowest BCUT2D eigenvalue weighted by Crippen LogP contribution is -2.30. The van der Waals surface area contributed by atoms with E-state index in [1.807, 2.05) is 0 Å². The van der Waals surface area contributed by atoms with E-state index in [1.54, 1.807) is 0 Å². The lowest BCUT2D eigenvalue weighted by Gasteiger charge is -2.21. The minimum atomic E-state index is -4.94. The van der Waals surface area contributed by atoms with E-state index in [2.05, 4.69) is 34.6 Å². The van der Waals surface area contributed by atoms with E-state index in [-0.39, 0.29) is 25.7 Å². The second-order valence-corrected chi connectivity index (χ2v) is 25.8. The highest BCUT2D eigenvalue weighted by atomic mass is 31.2. The first-order chi connectivity index (χ1) is 39.0. The van der Waals surface area contributed by atoms with Gasteiger partial charge in [-0.25, -0.2) is 9.13 Å². The summed E-state index contributed by atoms with van der Waals surface area (Å²) in [7, 11) is -9.88. The van der Waals surface area contributed by atoms with Crippen LogP contribution in [0.3, 0.4) is 0 Å². The van der Waals surface area contributed by atoms with Crippen LogP contribution in [0.25, 0.3) is 0 Å². The molecule has 0 aliphatic heterocycles. The van der Waals surface area contributed by atoms with Crippen LogP contribution in [-0.2, 0) is 65.4 Å². The van der Waals surface area contributed by atoms with Gasteiger partial charge in [-0.15, -0.1) is 0 Å². The van der Waals surface area contributed by atoms with Gasteiger partial charge in [0, 0.05) is 25.7 Å². The van der Waals surface area contributed by atoms with Crippen LogP contribution < -0.4 is 0 Å². The standard InChI is InChI=1S/C62H120O17P2/c1-6-9-12-15-18-20-22-23-24-26-28-31-37-42-47-61(66)78-57(52-73-60(65)46-41-36-30-27-25-21-19-16-13-10-7-2)53-76-80(68,69)74-49-56(63)50-75-81(70,71)77-54-58(51-72-59(64)45-40-35-29-17-14-11-8-3)79-62(67)48-43-38-33-32-34-39-44-55(4)5/h55-58,63H,6-54H2,1-5H3,(H,68,69)(H,70,71)/t56-,57-,58-/m1/s1. The first kappa shape index (κ1) is 79.1. The van der Waals surface area contributed by atoms with Crippen molar-refractivity contribution >= 4 is 39.5 Å². The maximum absolute atomic E-state index is 13.0. The zero-order valence-electron chi connectivity index (χ0n) is 51.9. The summed E-state index contributed by atoms with van der Waals surface area (Å²) in [6.07, 6.45) is 39.1. The Bertz CT molecular complexity index is 1580. The Morgan fingerprint density at radius 2 is 0.568 bits per heavy atom. The molecule has 0 saturated carbocycles. The van der Waals surface area contributed by atoms with Crippen LogP contribution in [0.15, 0.2) is 0 Å². The maximum atomic E-state index is 13.0. The molecule has 0 rings (SSSR count). The van der Waals surface area contributed by atoms with Crippen molar-refractivity contribution in [2.24, 2.45) is 5.92 Å². The fourth-order valence-corrected chi connectivity index (χ4v) is 10.8. The quantitative estimate of drug-likeness (QED) is 0.0222. The second-order valence-electron chi connectivity index (χ2n) is 22.9. The summed E-state index contributed by atoms with van der Waals surface area (Å²) < 4.78 is 67.8. The van der Waals surface area contributed by atoms with Crippen LogP contribution in [-0.4, -0.2) is 96.7 Å². The summed E-state index contributed by atoms with van der Waals surface area (Å²) in [5, 5.41) is 10.5. The molecule has 0 aliphatic rings. The van der Waals surface area contributed by atoms with Crippen molar-refractivity contribution in [2.75, 3.05) is 39.6 Å². The zero-order chi connectivity index (χ0) is 59.9. The van der Waals surface area contributed by atoms with E-state index in [0.29, 0.717) is 31.6 Å². The van der Waals surface area contributed by atoms with E-state index in [0.717, 1.165) is 103 Å². The smallest absolute Gasteiger partial charge is 0.462 e. The van der Waals surface area contributed by atoms with Crippen molar-refractivity contribution in [1.82, 2.24) is 0 Å². The zero-order valence-corrected chi connectivity index (χ0v) is 53.7. The first-order valence-electron chi connectivity index (χ1n) is 32.6. The topological polar surface area (TPSA) is 237 Å². The van der Waals surface area contributed by atoms with Gasteiger partial charge in [0.2, 0.25) is 0 Å². The highest BCUT2D eigenvalue weighted by Gasteiger charge is 2.30. The normalized spacial score (nSPS) is 14.3. The van der Waals surface area contributed by atoms with Crippen molar-refractivity contribution in [3.05, 3.63) is 0 Å². The predicted octanol–water partition coefficient (Wildman–Crippen LogP) is 17.0. The summed E-state index contributed by atoms with van der Waals surface area (Å²) in [4.78, 5) is 72.0. The minimum absolute atomic E-state index is 0.102. The molecule has 19 heteroatoms. The largest absolute Gasteiger partial charge is 0.472 e. The Labute approximate surface area is 492 Å². The van der Waals surface area contributed by atoms with E-state index in [9.17, 15) is 43.2 Å². The molecule has 0 bridgehead atoms. The van der Waals surface area contributed by atoms with E-state index >= 15 is 0 Å². The van der Waals surface area contributed by atoms with Crippen LogP contribution in [0.2, 0.25) is 0 Å². The van der Waals surface area contributed by atoms with Gasteiger partial charge >= 0.3 is 39.5 Å². The molecule has 0 radical (unpaired) electrons. The number of rotatable bonds is 62. The average molecular weight is 1200 g/mol. The van der Waals surface area contributed by atoms with Crippen LogP contribution in [0.1, 0.15) is 311 Å². The van der Waals surface area contributed by atoms with Gasteiger partial charge in [0.05, 0.1) is 26.4 Å². The number of aliphatic hydroxyl groups is 1. The number of aliphatic hydroxyl groups excluding tert-OH is 1. The van der Waals surface area contributed by atoms with E-state index < -0.39 is 97.5 Å². The Kier molecular flexibility index (Phi) is 54.6. The van der Waals surface area contributed by atoms with Crippen molar-refractivity contribution in [3.8, 4) is 0 Å². The van der Waals surface area contributed by atoms with Crippen LogP contribution in [0.4, 0.5) is 0 Å². The number of carbonyl (C=O) groups is 4. The fraction of sp³-hybridized carbons (Fsp3) is 0.935. The van der Waals surface area contributed by atoms with Gasteiger partial charge in [-0.2, -0.15) is 0 Å². The predicted molar refractivity (Wildman–Crippen MR) is 322 cm³/mol. The number of hydrogen-bond acceptors (Lipinski definition) is 15. The summed E-state index contributed by atoms with van der Waals surface area (Å²) in [5.74, 6) is -1.47. The molecule has 0 aromatic heterocycles. The molecular formula is C62H120O17P2. The third-order valence-electron chi connectivity index (χ3n) is 14.3. The molecule has 0 heterocycles. The van der Waals surface area contributed by atoms with Gasteiger partial charge in [0.15, 0.2) is 12.2 Å². The molecule has 0 amide bonds. The van der Waals surface area contributed by atoms with Crippen LogP contribution in [0, 0.1) is 5.92 Å². The molecular weight excluding hydrogens is 1080 g/mol. The number of unbranched alkanes of at least 4 members (excludes halogenated alkanes) is 34. The van der Waals surface area contributed by atoms with Crippen molar-refractivity contribution < 1.29 is 80.2 Å². The second kappa shape index (κ2) is 55.9. The Morgan fingerprint density at radius 1 is 0.333 bits per heavy atom. The van der Waals surface area contributed by atoms with Crippen molar-refractivity contribution in [1.29, 1.82) is 0 Å². The number of phosphoric ester groups is 2. The molecule has 0 spiro atoms. The SMILES string of the molecule is CCCCCCCCCCCCCCCCC(=O)O[C@H](COC(=O)CCCCCCCCCCCCC)COP(=O)(O)OC[C@@H](O)COP(=O)(O)OC[C@@H](COC(=O)CCCCCCCCC)OC(=O)CCCCCCCCC(C)C. The number of carbonyl (C=O) groups excluding carboxylic acids is 4. The third kappa shape index (κ3) is 56.9. The van der Waals surface area contributed by atoms with Crippen molar-refractivity contribution in [2.45, 2.75) is 329 Å². The average Bonchev–Trinajstić information content (AvgIpc) is 3.43. The van der Waals surface area contributed by atoms with Crippen molar-refractivity contribution in [3.63, 3.8) is 0 Å². The molecule has 0 aliphatic carbocycles. The highest BCUT2D eigenvalue weighted by molar-refractivity contribution is 7.47.